The molecule has 4 heteroatoms. The van der Waals surface area contributed by atoms with Crippen molar-refractivity contribution in [2.75, 3.05) is 0 Å². The van der Waals surface area contributed by atoms with Crippen molar-refractivity contribution in [2.45, 2.75) is 6.92 Å². The normalized spacial score (nSPS) is 10.5. The van der Waals surface area contributed by atoms with Crippen molar-refractivity contribution >= 4 is 23.2 Å². The second kappa shape index (κ2) is 4.47. The Morgan fingerprint density at radius 2 is 1.59 bits per heavy atom. The first-order chi connectivity index (χ1) is 8.00. The molecule has 2 N–H and O–H groups in total. The first-order valence-corrected chi connectivity index (χ1v) is 5.73. The molecule has 0 heterocycles. The highest BCUT2D eigenvalue weighted by Gasteiger charge is 2.10. The van der Waals surface area contributed by atoms with Crippen molar-refractivity contribution in [1.82, 2.24) is 0 Å². The molecule has 0 aliphatic heterocycles. The van der Waals surface area contributed by atoms with E-state index >= 15 is 0 Å². The summed E-state index contributed by atoms with van der Waals surface area (Å²) in [6.45, 7) is 1.82. The van der Waals surface area contributed by atoms with Crippen LogP contribution in [0.4, 0.5) is 0 Å². The van der Waals surface area contributed by atoms with E-state index in [0.717, 1.165) is 16.7 Å². The van der Waals surface area contributed by atoms with E-state index < -0.39 is 0 Å². The van der Waals surface area contributed by atoms with Crippen LogP contribution in [-0.4, -0.2) is 10.2 Å². The van der Waals surface area contributed by atoms with Crippen LogP contribution in [-0.2, 0) is 0 Å². The van der Waals surface area contributed by atoms with Gasteiger partial charge in [0.25, 0.3) is 0 Å². The van der Waals surface area contributed by atoms with Crippen LogP contribution in [0.25, 0.3) is 11.1 Å². The van der Waals surface area contributed by atoms with Gasteiger partial charge in [-0.15, -0.1) is 0 Å². The van der Waals surface area contributed by atoms with Crippen LogP contribution in [0.15, 0.2) is 30.3 Å². The van der Waals surface area contributed by atoms with Crippen LogP contribution in [0.3, 0.4) is 0 Å². The lowest BCUT2D eigenvalue weighted by Crippen LogP contribution is -1.85. The zero-order valence-electron chi connectivity index (χ0n) is 9.04. The fourth-order valence-electron chi connectivity index (χ4n) is 1.66. The monoisotopic (exact) mass is 268 g/mol. The van der Waals surface area contributed by atoms with E-state index in [2.05, 4.69) is 0 Å². The second-order valence-electron chi connectivity index (χ2n) is 3.74. The molecule has 0 saturated heterocycles. The van der Waals surface area contributed by atoms with Gasteiger partial charge < -0.3 is 10.2 Å². The zero-order valence-corrected chi connectivity index (χ0v) is 10.5. The Balaban J connectivity index is 2.61. The molecule has 0 bridgehead atoms. The Labute approximate surface area is 109 Å². The lowest BCUT2D eigenvalue weighted by Gasteiger charge is -2.10. The van der Waals surface area contributed by atoms with E-state index in [0.29, 0.717) is 5.02 Å². The minimum absolute atomic E-state index is 0.0398. The van der Waals surface area contributed by atoms with E-state index in [1.54, 1.807) is 18.2 Å². The molecule has 2 nitrogen and oxygen atoms in total. The summed E-state index contributed by atoms with van der Waals surface area (Å²) < 4.78 is 0. The lowest BCUT2D eigenvalue weighted by molar-refractivity contribution is 0.474. The third-order valence-electron chi connectivity index (χ3n) is 2.62. The third kappa shape index (κ3) is 2.19. The van der Waals surface area contributed by atoms with Crippen LogP contribution in [0.1, 0.15) is 5.56 Å². The Kier molecular flexibility index (Phi) is 3.18. The highest BCUT2D eigenvalue weighted by Crippen LogP contribution is 2.36. The molecule has 88 valence electrons. The van der Waals surface area contributed by atoms with Gasteiger partial charge >= 0.3 is 0 Å². The molecule has 0 aliphatic carbocycles. The number of phenols is 2. The number of aromatic hydroxyl groups is 2. The number of halogens is 2. The van der Waals surface area contributed by atoms with Crippen molar-refractivity contribution in [3.63, 3.8) is 0 Å². The lowest BCUT2D eigenvalue weighted by atomic mass is 10.00. The predicted molar refractivity (Wildman–Crippen MR) is 70.0 cm³/mol. The summed E-state index contributed by atoms with van der Waals surface area (Å²) in [6.07, 6.45) is 0. The van der Waals surface area contributed by atoms with Crippen LogP contribution < -0.4 is 0 Å². The summed E-state index contributed by atoms with van der Waals surface area (Å²) in [7, 11) is 0. The molecule has 0 saturated carbocycles. The summed E-state index contributed by atoms with van der Waals surface area (Å²) >= 11 is 11.8. The largest absolute Gasteiger partial charge is 0.506 e. The van der Waals surface area contributed by atoms with E-state index in [1.165, 1.54) is 12.1 Å². The molecule has 0 aliphatic rings. The molecule has 2 rings (SSSR count). The molecule has 2 aromatic rings. The van der Waals surface area contributed by atoms with Crippen LogP contribution in [0.2, 0.25) is 10.0 Å². The zero-order chi connectivity index (χ0) is 12.6. The minimum atomic E-state index is 0.0398. The molecule has 0 radical (unpaired) electrons. The van der Waals surface area contributed by atoms with Crippen LogP contribution in [0.5, 0.6) is 11.5 Å². The van der Waals surface area contributed by atoms with Crippen molar-refractivity contribution in [3.05, 3.63) is 45.9 Å². The van der Waals surface area contributed by atoms with Gasteiger partial charge in [0.2, 0.25) is 0 Å². The molecule has 0 unspecified atom stereocenters. The predicted octanol–water partition coefficient (Wildman–Crippen LogP) is 4.38. The fraction of sp³-hybridized carbons (Fsp3) is 0.0769. The Morgan fingerprint density at radius 3 is 2.24 bits per heavy atom. The summed E-state index contributed by atoms with van der Waals surface area (Å²) in [5.74, 6) is 0.0933. The average molecular weight is 269 g/mol. The fourth-order valence-corrected chi connectivity index (χ4v) is 2.00. The van der Waals surface area contributed by atoms with Gasteiger partial charge in [-0.2, -0.15) is 0 Å². The molecule has 0 spiro atoms. The first kappa shape index (κ1) is 12.1. The van der Waals surface area contributed by atoms with E-state index in [-0.39, 0.29) is 16.5 Å². The molecule has 0 amide bonds. The Bertz CT molecular complexity index is 580. The summed E-state index contributed by atoms with van der Waals surface area (Å²) in [5, 5.41) is 19.4. The van der Waals surface area contributed by atoms with Gasteiger partial charge in [-0.1, -0.05) is 35.3 Å². The van der Waals surface area contributed by atoms with Gasteiger partial charge in [-0.05, 0) is 41.8 Å². The van der Waals surface area contributed by atoms with Crippen molar-refractivity contribution in [3.8, 4) is 22.6 Å². The molecular formula is C13H10Cl2O2. The first-order valence-electron chi connectivity index (χ1n) is 4.97. The van der Waals surface area contributed by atoms with Gasteiger partial charge in [0.05, 0.1) is 10.0 Å². The highest BCUT2D eigenvalue weighted by molar-refractivity contribution is 6.33. The van der Waals surface area contributed by atoms with Crippen LogP contribution in [0, 0.1) is 6.92 Å². The number of rotatable bonds is 1. The number of phenolic OH excluding ortho intramolecular Hbond substituents is 2. The van der Waals surface area contributed by atoms with E-state index in [1.807, 2.05) is 6.92 Å². The van der Waals surface area contributed by atoms with Crippen LogP contribution >= 0.6 is 23.2 Å². The molecule has 2 aromatic carbocycles. The molecular weight excluding hydrogens is 259 g/mol. The molecule has 0 fully saturated rings. The summed E-state index contributed by atoms with van der Waals surface area (Å²) in [5.41, 5.74) is 2.48. The SMILES string of the molecule is Cc1c(-c2ccc(O)c(Cl)c2)ccc(O)c1Cl. The van der Waals surface area contributed by atoms with E-state index in [9.17, 15) is 10.2 Å². The molecule has 0 aromatic heterocycles. The maximum Gasteiger partial charge on any atom is 0.134 e. The Morgan fingerprint density at radius 1 is 0.941 bits per heavy atom. The molecule has 17 heavy (non-hydrogen) atoms. The standard InChI is InChI=1S/C13H10Cl2O2/c1-7-9(3-5-12(17)13(7)15)8-2-4-11(16)10(14)6-8/h2-6,16-17H,1H3. The third-order valence-corrected chi connectivity index (χ3v) is 3.40. The van der Waals surface area contributed by atoms with Gasteiger partial charge in [0.15, 0.2) is 0 Å². The van der Waals surface area contributed by atoms with E-state index in [4.69, 9.17) is 23.2 Å². The maximum absolute atomic E-state index is 9.47. The number of hydrogen-bond donors (Lipinski definition) is 2. The second-order valence-corrected chi connectivity index (χ2v) is 4.52. The topological polar surface area (TPSA) is 40.5 Å². The van der Waals surface area contributed by atoms with Gasteiger partial charge in [-0.25, -0.2) is 0 Å². The van der Waals surface area contributed by atoms with Crippen molar-refractivity contribution < 1.29 is 10.2 Å². The van der Waals surface area contributed by atoms with Crippen molar-refractivity contribution in [1.29, 1.82) is 0 Å². The highest BCUT2D eigenvalue weighted by atomic mass is 35.5. The molecule has 0 atom stereocenters. The van der Waals surface area contributed by atoms with Gasteiger partial charge in [0.1, 0.15) is 11.5 Å². The summed E-state index contributed by atoms with van der Waals surface area (Å²) in [6, 6.07) is 8.23. The van der Waals surface area contributed by atoms with Gasteiger partial charge in [-0.3, -0.25) is 0 Å². The Hall–Kier alpha value is -1.38. The van der Waals surface area contributed by atoms with Crippen molar-refractivity contribution in [2.24, 2.45) is 0 Å². The minimum Gasteiger partial charge on any atom is -0.506 e. The smallest absolute Gasteiger partial charge is 0.134 e. The average Bonchev–Trinajstić information content (AvgIpc) is 2.30. The van der Waals surface area contributed by atoms with Gasteiger partial charge in [0, 0.05) is 0 Å². The number of benzene rings is 2. The quantitative estimate of drug-likeness (QED) is 0.806. The number of hydrogen-bond acceptors (Lipinski definition) is 2. The summed E-state index contributed by atoms with van der Waals surface area (Å²) in [4.78, 5) is 0. The maximum atomic E-state index is 9.47.